The molecule has 0 bridgehead atoms. The number of unbranched alkanes of at least 4 members (excludes halogenated alkanes) is 2. The molecule has 1 unspecified atom stereocenters. The minimum Gasteiger partial charge on any atom is -0.370 e. The lowest BCUT2D eigenvalue weighted by Crippen LogP contribution is -2.23. The Balaban J connectivity index is 2.65. The highest BCUT2D eigenvalue weighted by Gasteiger charge is 2.08. The van der Waals surface area contributed by atoms with E-state index < -0.39 is 0 Å². The number of aliphatic imine (C=N–C) groups is 1. The second-order valence-corrected chi connectivity index (χ2v) is 5.00. The number of hydrogen-bond acceptors (Lipinski definition) is 1. The van der Waals surface area contributed by atoms with Gasteiger partial charge in [0.1, 0.15) is 0 Å². The van der Waals surface area contributed by atoms with Crippen molar-refractivity contribution in [2.24, 2.45) is 10.7 Å². The molecule has 0 radical (unpaired) electrons. The number of nitrogens with one attached hydrogen (secondary N) is 1. The summed E-state index contributed by atoms with van der Waals surface area (Å²) in [5.41, 5.74) is 8.32. The molecule has 0 fully saturated rings. The topological polar surface area (TPSA) is 50.4 Å². The van der Waals surface area contributed by atoms with Crippen LogP contribution < -0.4 is 11.1 Å². The van der Waals surface area contributed by atoms with E-state index in [0.29, 0.717) is 11.9 Å². The predicted molar refractivity (Wildman–Crippen MR) is 84.8 cm³/mol. The third-order valence-electron chi connectivity index (χ3n) is 3.41. The van der Waals surface area contributed by atoms with Crippen LogP contribution in [0, 0.1) is 0 Å². The lowest BCUT2D eigenvalue weighted by atomic mass is 9.97. The summed E-state index contributed by atoms with van der Waals surface area (Å²) >= 11 is 0. The van der Waals surface area contributed by atoms with Gasteiger partial charge in [0, 0.05) is 12.2 Å². The van der Waals surface area contributed by atoms with Gasteiger partial charge in [-0.05, 0) is 30.4 Å². The molecule has 0 saturated carbocycles. The fraction of sp³-hybridized carbons (Fsp3) is 0.562. The zero-order chi connectivity index (χ0) is 14.1. The maximum absolute atomic E-state index is 5.94. The molecule has 3 heteroatoms. The fourth-order valence-corrected chi connectivity index (χ4v) is 2.00. The van der Waals surface area contributed by atoms with Crippen molar-refractivity contribution in [3.8, 4) is 0 Å². The van der Waals surface area contributed by atoms with E-state index in [0.717, 1.165) is 25.1 Å². The maximum atomic E-state index is 5.94. The minimum absolute atomic E-state index is 0.520. The number of para-hydroxylation sites is 1. The van der Waals surface area contributed by atoms with Gasteiger partial charge >= 0.3 is 0 Å². The van der Waals surface area contributed by atoms with Crippen LogP contribution in [0.5, 0.6) is 0 Å². The van der Waals surface area contributed by atoms with Crippen molar-refractivity contribution in [1.82, 2.24) is 0 Å². The smallest absolute Gasteiger partial charge is 0.193 e. The first kappa shape index (κ1) is 15.5. The highest BCUT2D eigenvalue weighted by Crippen LogP contribution is 2.26. The van der Waals surface area contributed by atoms with Crippen molar-refractivity contribution in [1.29, 1.82) is 0 Å². The molecule has 3 N–H and O–H groups in total. The molecule has 106 valence electrons. The van der Waals surface area contributed by atoms with Gasteiger partial charge in [-0.15, -0.1) is 0 Å². The number of hydrogen-bond donors (Lipinski definition) is 2. The van der Waals surface area contributed by atoms with Crippen LogP contribution in [-0.2, 0) is 0 Å². The molecule has 0 saturated heterocycles. The fourth-order valence-electron chi connectivity index (χ4n) is 2.00. The first-order valence-electron chi connectivity index (χ1n) is 7.34. The lowest BCUT2D eigenvalue weighted by Gasteiger charge is -2.15. The van der Waals surface area contributed by atoms with Crippen LogP contribution >= 0.6 is 0 Å². The zero-order valence-electron chi connectivity index (χ0n) is 12.4. The molecule has 0 heterocycles. The predicted octanol–water partition coefficient (Wildman–Crippen LogP) is 4.12. The van der Waals surface area contributed by atoms with Crippen LogP contribution in [0.15, 0.2) is 29.3 Å². The molecule has 1 aromatic rings. The first-order valence-corrected chi connectivity index (χ1v) is 7.34. The van der Waals surface area contributed by atoms with Crippen LogP contribution in [0.2, 0.25) is 0 Å². The van der Waals surface area contributed by atoms with Crippen LogP contribution in [-0.4, -0.2) is 12.5 Å². The maximum Gasteiger partial charge on any atom is 0.193 e. The summed E-state index contributed by atoms with van der Waals surface area (Å²) in [4.78, 5) is 4.37. The molecule has 0 aliphatic heterocycles. The van der Waals surface area contributed by atoms with Gasteiger partial charge in [0.15, 0.2) is 5.96 Å². The van der Waals surface area contributed by atoms with Gasteiger partial charge < -0.3 is 11.1 Å². The monoisotopic (exact) mass is 261 g/mol. The van der Waals surface area contributed by atoms with Crippen molar-refractivity contribution >= 4 is 11.6 Å². The summed E-state index contributed by atoms with van der Waals surface area (Å²) < 4.78 is 0. The van der Waals surface area contributed by atoms with Crippen molar-refractivity contribution in [3.63, 3.8) is 0 Å². The molecular formula is C16H27N3. The van der Waals surface area contributed by atoms with Crippen molar-refractivity contribution in [2.75, 3.05) is 11.9 Å². The van der Waals surface area contributed by atoms with E-state index in [1.165, 1.54) is 18.4 Å². The van der Waals surface area contributed by atoms with E-state index in [-0.39, 0.29) is 0 Å². The third-order valence-corrected chi connectivity index (χ3v) is 3.41. The molecule has 0 spiro atoms. The summed E-state index contributed by atoms with van der Waals surface area (Å²) in [7, 11) is 0. The largest absolute Gasteiger partial charge is 0.370 e. The van der Waals surface area contributed by atoms with Gasteiger partial charge in [-0.25, -0.2) is 0 Å². The Morgan fingerprint density at radius 2 is 2.00 bits per heavy atom. The Morgan fingerprint density at radius 1 is 1.26 bits per heavy atom. The zero-order valence-corrected chi connectivity index (χ0v) is 12.4. The van der Waals surface area contributed by atoms with E-state index in [1.54, 1.807) is 0 Å². The Kier molecular flexibility index (Phi) is 7.01. The highest BCUT2D eigenvalue weighted by molar-refractivity contribution is 5.93. The number of nitrogens with zero attached hydrogens (tertiary/aromatic N) is 1. The molecule has 0 aromatic heterocycles. The van der Waals surface area contributed by atoms with Gasteiger partial charge in [-0.3, -0.25) is 4.99 Å². The number of rotatable bonds is 7. The molecule has 3 nitrogen and oxygen atoms in total. The highest BCUT2D eigenvalue weighted by atomic mass is 15.1. The summed E-state index contributed by atoms with van der Waals surface area (Å²) in [5, 5.41) is 3.23. The SMILES string of the molecule is CCCCCN=C(N)Nc1ccccc1C(C)CC. The average molecular weight is 261 g/mol. The van der Waals surface area contributed by atoms with Crippen molar-refractivity contribution in [2.45, 2.75) is 52.4 Å². The van der Waals surface area contributed by atoms with Crippen molar-refractivity contribution in [3.05, 3.63) is 29.8 Å². The number of guanidine groups is 1. The van der Waals surface area contributed by atoms with Crippen LogP contribution in [0.4, 0.5) is 5.69 Å². The molecule has 0 aliphatic carbocycles. The van der Waals surface area contributed by atoms with Gasteiger partial charge in [0.05, 0.1) is 0 Å². The van der Waals surface area contributed by atoms with Crippen LogP contribution in [0.3, 0.4) is 0 Å². The average Bonchev–Trinajstić information content (AvgIpc) is 2.43. The van der Waals surface area contributed by atoms with Gasteiger partial charge in [-0.2, -0.15) is 0 Å². The summed E-state index contributed by atoms with van der Waals surface area (Å²) in [6.07, 6.45) is 4.64. The first-order chi connectivity index (χ1) is 9.19. The van der Waals surface area contributed by atoms with E-state index >= 15 is 0 Å². The lowest BCUT2D eigenvalue weighted by molar-refractivity contribution is 0.727. The second kappa shape index (κ2) is 8.57. The molecule has 1 atom stereocenters. The Hall–Kier alpha value is -1.51. The Labute approximate surface area is 117 Å². The molecule has 1 aromatic carbocycles. The molecular weight excluding hydrogens is 234 g/mol. The van der Waals surface area contributed by atoms with E-state index in [4.69, 9.17) is 5.73 Å². The standard InChI is InChI=1S/C16H27N3/c1-4-6-9-12-18-16(17)19-15-11-8-7-10-14(15)13(3)5-2/h7-8,10-11,13H,4-6,9,12H2,1-3H3,(H3,17,18,19). The van der Waals surface area contributed by atoms with E-state index in [1.807, 2.05) is 6.07 Å². The van der Waals surface area contributed by atoms with Crippen molar-refractivity contribution < 1.29 is 0 Å². The Bertz CT molecular complexity index is 399. The number of benzene rings is 1. The summed E-state index contributed by atoms with van der Waals surface area (Å²) in [5.74, 6) is 1.04. The van der Waals surface area contributed by atoms with Gasteiger partial charge in [0.25, 0.3) is 0 Å². The Morgan fingerprint density at radius 3 is 2.68 bits per heavy atom. The summed E-state index contributed by atoms with van der Waals surface area (Å²) in [6, 6.07) is 8.32. The quantitative estimate of drug-likeness (QED) is 0.441. The third kappa shape index (κ3) is 5.33. The van der Waals surface area contributed by atoms with Gasteiger partial charge in [-0.1, -0.05) is 51.8 Å². The molecule has 1 rings (SSSR count). The van der Waals surface area contributed by atoms with Crippen LogP contribution in [0.25, 0.3) is 0 Å². The molecule has 0 amide bonds. The van der Waals surface area contributed by atoms with E-state index in [2.05, 4.69) is 49.3 Å². The van der Waals surface area contributed by atoms with Crippen LogP contribution in [0.1, 0.15) is 57.9 Å². The normalized spacial score (nSPS) is 13.3. The minimum atomic E-state index is 0.520. The summed E-state index contributed by atoms with van der Waals surface area (Å²) in [6.45, 7) is 7.42. The number of anilines is 1. The molecule has 19 heavy (non-hydrogen) atoms. The molecule has 0 aliphatic rings. The van der Waals surface area contributed by atoms with Gasteiger partial charge in [0.2, 0.25) is 0 Å². The van der Waals surface area contributed by atoms with E-state index in [9.17, 15) is 0 Å². The second-order valence-electron chi connectivity index (χ2n) is 5.00. The number of nitrogens with two attached hydrogens (primary N) is 1.